The van der Waals surface area contributed by atoms with Crippen LogP contribution in [-0.2, 0) is 5.75 Å². The number of hydrogen-bond donors (Lipinski definition) is 0. The standard InChI is InChI=1S/C16H16F4NS3/c1-9-15(24-16(23-9)21-5-3-2-4-6-21)22-8-10-13(19)11(17)7-12(18)14(10)20/h7H,2-6,8H2,1H3/q+1. The molecule has 0 unspecified atom stereocenters. The first-order valence-corrected chi connectivity index (χ1v) is 10.2. The molecule has 0 N–H and O–H groups in total. The van der Waals surface area contributed by atoms with Crippen molar-refractivity contribution < 1.29 is 17.6 Å². The molecular formula is C16H16F4NS3+. The first-order valence-electron chi connectivity index (χ1n) is 7.60. The van der Waals surface area contributed by atoms with Gasteiger partial charge in [-0.25, -0.2) is 22.1 Å². The van der Waals surface area contributed by atoms with Crippen molar-refractivity contribution in [1.29, 1.82) is 0 Å². The van der Waals surface area contributed by atoms with E-state index in [-0.39, 0.29) is 11.8 Å². The lowest BCUT2D eigenvalue weighted by molar-refractivity contribution is 0.444. The van der Waals surface area contributed by atoms with Crippen LogP contribution in [0.1, 0.15) is 29.7 Å². The van der Waals surface area contributed by atoms with Gasteiger partial charge in [0.15, 0.2) is 23.3 Å². The number of benzene rings is 1. The minimum Gasteiger partial charge on any atom is -0.212 e. The van der Waals surface area contributed by atoms with E-state index in [4.69, 9.17) is 0 Å². The van der Waals surface area contributed by atoms with E-state index < -0.39 is 28.8 Å². The van der Waals surface area contributed by atoms with Crippen molar-refractivity contribution >= 4 is 34.4 Å². The van der Waals surface area contributed by atoms with Crippen LogP contribution in [-0.4, -0.2) is 13.1 Å². The minimum atomic E-state index is -1.36. The summed E-state index contributed by atoms with van der Waals surface area (Å²) in [7, 11) is 0. The van der Waals surface area contributed by atoms with Gasteiger partial charge in [-0.1, -0.05) is 11.3 Å². The fourth-order valence-corrected chi connectivity index (χ4v) is 6.72. The molecule has 1 nitrogen and oxygen atoms in total. The molecule has 1 aromatic carbocycles. The first-order chi connectivity index (χ1) is 11.5. The Bertz CT molecular complexity index is 791. The van der Waals surface area contributed by atoms with Gasteiger partial charge in [0.25, 0.3) is 0 Å². The number of thioether (sulfide) groups is 1. The van der Waals surface area contributed by atoms with Gasteiger partial charge >= 0.3 is 3.98 Å². The zero-order chi connectivity index (χ0) is 17.3. The Kier molecular flexibility index (Phi) is 5.66. The number of piperidine rings is 1. The monoisotopic (exact) mass is 394 g/mol. The molecule has 1 aromatic heterocycles. The van der Waals surface area contributed by atoms with E-state index in [2.05, 4.69) is 4.58 Å². The minimum absolute atomic E-state index is 0.139. The van der Waals surface area contributed by atoms with Gasteiger partial charge < -0.3 is 0 Å². The Morgan fingerprint density at radius 2 is 1.62 bits per heavy atom. The van der Waals surface area contributed by atoms with E-state index in [9.17, 15) is 17.6 Å². The fraction of sp³-hybridized carbons (Fsp3) is 0.438. The summed E-state index contributed by atoms with van der Waals surface area (Å²) in [6.45, 7) is 4.01. The van der Waals surface area contributed by atoms with Crippen LogP contribution < -0.4 is 8.56 Å². The van der Waals surface area contributed by atoms with Gasteiger partial charge in [-0.2, -0.15) is 0 Å². The van der Waals surface area contributed by atoms with Crippen molar-refractivity contribution in [3.8, 4) is 0 Å². The van der Waals surface area contributed by atoms with Crippen LogP contribution in [0.25, 0.3) is 0 Å². The third-order valence-electron chi connectivity index (χ3n) is 3.87. The summed E-state index contributed by atoms with van der Waals surface area (Å²) in [5.41, 5.74) is -0.546. The molecule has 0 atom stereocenters. The summed E-state index contributed by atoms with van der Waals surface area (Å²) in [5.74, 6) is -5.47. The molecule has 1 aliphatic heterocycles. The lowest BCUT2D eigenvalue weighted by Crippen LogP contribution is -2.31. The number of halogens is 4. The largest absolute Gasteiger partial charge is 0.315 e. The molecule has 3 rings (SSSR count). The summed E-state index contributed by atoms with van der Waals surface area (Å²) in [5, 5.41) is 0. The van der Waals surface area contributed by atoms with Crippen molar-refractivity contribution in [3.63, 3.8) is 0 Å². The second-order valence-electron chi connectivity index (χ2n) is 5.60. The van der Waals surface area contributed by atoms with Crippen LogP contribution in [0.5, 0.6) is 0 Å². The van der Waals surface area contributed by atoms with Crippen LogP contribution in [0.3, 0.4) is 0 Å². The van der Waals surface area contributed by atoms with Crippen molar-refractivity contribution in [2.24, 2.45) is 0 Å². The van der Waals surface area contributed by atoms with Crippen molar-refractivity contribution in [3.05, 3.63) is 43.8 Å². The molecule has 1 aliphatic rings. The average molecular weight is 395 g/mol. The van der Waals surface area contributed by atoms with Crippen LogP contribution in [0.4, 0.5) is 17.6 Å². The SMILES string of the molecule is Cc1sc(=[N+]2CCCCC2)sc1SCc1c(F)c(F)cc(F)c1F. The Morgan fingerprint density at radius 3 is 2.25 bits per heavy atom. The zero-order valence-electron chi connectivity index (χ0n) is 13.0. The van der Waals surface area contributed by atoms with E-state index in [1.807, 2.05) is 6.92 Å². The van der Waals surface area contributed by atoms with E-state index in [0.717, 1.165) is 22.2 Å². The maximum atomic E-state index is 13.7. The molecule has 0 saturated carbocycles. The fourth-order valence-electron chi connectivity index (χ4n) is 2.57. The molecule has 0 spiro atoms. The molecule has 0 amide bonds. The van der Waals surface area contributed by atoms with Crippen LogP contribution in [0.2, 0.25) is 0 Å². The molecule has 1 saturated heterocycles. The molecule has 130 valence electrons. The lowest BCUT2D eigenvalue weighted by atomic mass is 10.2. The molecule has 8 heteroatoms. The quantitative estimate of drug-likeness (QED) is 0.309. The average Bonchev–Trinajstić information content (AvgIpc) is 2.95. The Balaban J connectivity index is 1.85. The van der Waals surface area contributed by atoms with E-state index >= 15 is 0 Å². The highest BCUT2D eigenvalue weighted by molar-refractivity contribution is 8.00. The molecule has 24 heavy (non-hydrogen) atoms. The second-order valence-corrected chi connectivity index (χ2v) is 9.30. The topological polar surface area (TPSA) is 3.01 Å². The third-order valence-corrected chi connectivity index (χ3v) is 8.10. The predicted octanol–water partition coefficient (Wildman–Crippen LogP) is 4.92. The highest BCUT2D eigenvalue weighted by Crippen LogP contribution is 2.33. The lowest BCUT2D eigenvalue weighted by Gasteiger charge is -2.07. The van der Waals surface area contributed by atoms with Gasteiger partial charge in [-0.15, -0.1) is 11.8 Å². The molecule has 1 fully saturated rings. The predicted molar refractivity (Wildman–Crippen MR) is 91.6 cm³/mol. The number of nitrogens with zero attached hydrogens (tertiary/aromatic N) is 1. The van der Waals surface area contributed by atoms with Crippen LogP contribution in [0, 0.1) is 30.2 Å². The summed E-state index contributed by atoms with van der Waals surface area (Å²) >= 11 is 4.46. The third kappa shape index (κ3) is 3.70. The van der Waals surface area contributed by atoms with Gasteiger partial charge in [0.05, 0.1) is 4.21 Å². The van der Waals surface area contributed by atoms with Crippen molar-refractivity contribution in [1.82, 2.24) is 4.58 Å². The summed E-state index contributed by atoms with van der Waals surface area (Å²) < 4.78 is 58.5. The summed E-state index contributed by atoms with van der Waals surface area (Å²) in [4.78, 5) is 1.06. The molecular weight excluding hydrogens is 378 g/mol. The number of hydrogen-bond acceptors (Lipinski definition) is 3. The van der Waals surface area contributed by atoms with Gasteiger partial charge in [0.2, 0.25) is 0 Å². The zero-order valence-corrected chi connectivity index (χ0v) is 15.5. The highest BCUT2D eigenvalue weighted by atomic mass is 32.2. The van der Waals surface area contributed by atoms with E-state index in [1.54, 1.807) is 22.7 Å². The van der Waals surface area contributed by atoms with Crippen LogP contribution >= 0.6 is 34.4 Å². The maximum absolute atomic E-state index is 13.7. The molecule has 2 heterocycles. The molecule has 0 aliphatic carbocycles. The van der Waals surface area contributed by atoms with Gasteiger partial charge in [-0.05, 0) is 24.7 Å². The summed E-state index contributed by atoms with van der Waals surface area (Å²) in [6.07, 6.45) is 3.59. The normalized spacial score (nSPS) is 15.1. The maximum Gasteiger partial charge on any atom is 0.315 e. The molecule has 0 radical (unpaired) electrons. The second kappa shape index (κ2) is 7.58. The van der Waals surface area contributed by atoms with Crippen LogP contribution in [0.15, 0.2) is 10.3 Å². The molecule has 0 bridgehead atoms. The van der Waals surface area contributed by atoms with Gasteiger partial charge in [0, 0.05) is 35.1 Å². The Morgan fingerprint density at radius 1 is 1.00 bits per heavy atom. The smallest absolute Gasteiger partial charge is 0.212 e. The Hall–Kier alpha value is -0.860. The Labute approximate surface area is 149 Å². The van der Waals surface area contributed by atoms with Crippen molar-refractivity contribution in [2.75, 3.05) is 13.1 Å². The summed E-state index contributed by atoms with van der Waals surface area (Å²) in [6, 6.07) is 0.242. The number of aryl methyl sites for hydroxylation is 1. The highest BCUT2D eigenvalue weighted by Gasteiger charge is 2.21. The van der Waals surface area contributed by atoms with Gasteiger partial charge in [0.1, 0.15) is 13.1 Å². The number of rotatable bonds is 3. The van der Waals surface area contributed by atoms with Gasteiger partial charge in [-0.3, -0.25) is 0 Å². The molecule has 2 aromatic rings. The van der Waals surface area contributed by atoms with E-state index in [0.29, 0.717) is 0 Å². The first kappa shape index (κ1) is 17.9. The van der Waals surface area contributed by atoms with E-state index in [1.165, 1.54) is 35.0 Å². The van der Waals surface area contributed by atoms with Crippen molar-refractivity contribution in [2.45, 2.75) is 36.1 Å².